The molecule has 1 unspecified atom stereocenters. The topological polar surface area (TPSA) is 63.0 Å². The predicted molar refractivity (Wildman–Crippen MR) is 79.8 cm³/mol. The van der Waals surface area contributed by atoms with Crippen molar-refractivity contribution >= 4 is 17.6 Å². The number of aromatic nitrogens is 2. The van der Waals surface area contributed by atoms with E-state index in [9.17, 15) is 0 Å². The van der Waals surface area contributed by atoms with E-state index >= 15 is 0 Å². The number of nitrogens with zero attached hydrogens (tertiary/aromatic N) is 2. The highest BCUT2D eigenvalue weighted by atomic mass is 35.5. The van der Waals surface area contributed by atoms with Gasteiger partial charge in [0.05, 0.1) is 12.6 Å². The van der Waals surface area contributed by atoms with Crippen LogP contribution in [0.3, 0.4) is 0 Å². The number of hydrogen-bond donors (Lipinski definition) is 2. The lowest BCUT2D eigenvalue weighted by atomic mass is 10.1. The molecule has 20 heavy (non-hydrogen) atoms. The van der Waals surface area contributed by atoms with Crippen LogP contribution in [0.1, 0.15) is 37.8 Å². The third-order valence-electron chi connectivity index (χ3n) is 2.88. The summed E-state index contributed by atoms with van der Waals surface area (Å²) in [4.78, 5) is 0. The van der Waals surface area contributed by atoms with Crippen LogP contribution in [-0.2, 0) is 6.54 Å². The minimum atomic E-state index is 0.000556. The van der Waals surface area contributed by atoms with E-state index in [1.54, 1.807) is 0 Å². The molecular formula is C14H19ClN4O. The number of benzene rings is 1. The maximum absolute atomic E-state index is 6.16. The van der Waals surface area contributed by atoms with Crippen molar-refractivity contribution in [3.63, 3.8) is 0 Å². The molecule has 2 aromatic rings. The molecule has 5 nitrogen and oxygen atoms in total. The van der Waals surface area contributed by atoms with Gasteiger partial charge in [0.2, 0.25) is 5.89 Å². The van der Waals surface area contributed by atoms with E-state index in [-0.39, 0.29) is 6.04 Å². The average molecular weight is 295 g/mol. The summed E-state index contributed by atoms with van der Waals surface area (Å²) in [5.41, 5.74) is 0.998. The predicted octanol–water partition coefficient (Wildman–Crippen LogP) is 3.40. The van der Waals surface area contributed by atoms with Crippen LogP contribution in [0.5, 0.6) is 0 Å². The van der Waals surface area contributed by atoms with Gasteiger partial charge < -0.3 is 15.1 Å². The van der Waals surface area contributed by atoms with Crippen molar-refractivity contribution in [3.05, 3.63) is 40.7 Å². The second-order valence-electron chi connectivity index (χ2n) is 4.57. The summed E-state index contributed by atoms with van der Waals surface area (Å²) in [5, 5.41) is 15.1. The molecule has 1 aromatic heterocycles. The van der Waals surface area contributed by atoms with Gasteiger partial charge in [-0.05, 0) is 31.5 Å². The van der Waals surface area contributed by atoms with E-state index in [1.165, 1.54) is 0 Å². The van der Waals surface area contributed by atoms with Crippen molar-refractivity contribution in [1.82, 2.24) is 15.5 Å². The molecule has 0 aliphatic rings. The van der Waals surface area contributed by atoms with Crippen LogP contribution in [0.15, 0.2) is 28.7 Å². The molecule has 0 spiro atoms. The van der Waals surface area contributed by atoms with E-state index in [2.05, 4.69) is 27.8 Å². The van der Waals surface area contributed by atoms with E-state index < -0.39 is 0 Å². The fourth-order valence-electron chi connectivity index (χ4n) is 1.84. The summed E-state index contributed by atoms with van der Waals surface area (Å²) in [7, 11) is 0. The molecule has 0 amide bonds. The number of nitrogens with one attached hydrogen (secondary N) is 2. The zero-order valence-electron chi connectivity index (χ0n) is 11.7. The van der Waals surface area contributed by atoms with Crippen molar-refractivity contribution in [1.29, 1.82) is 0 Å². The van der Waals surface area contributed by atoms with Crippen LogP contribution < -0.4 is 10.6 Å². The lowest BCUT2D eigenvalue weighted by molar-refractivity contribution is 0.474. The summed E-state index contributed by atoms with van der Waals surface area (Å²) in [6.07, 6.45) is 1.07. The summed E-state index contributed by atoms with van der Waals surface area (Å²) >= 11 is 6.16. The number of rotatable bonds is 7. The van der Waals surface area contributed by atoms with Gasteiger partial charge in [-0.1, -0.05) is 41.8 Å². The first-order chi connectivity index (χ1) is 9.70. The molecule has 0 fully saturated rings. The van der Waals surface area contributed by atoms with Crippen LogP contribution in [0.2, 0.25) is 5.02 Å². The molecular weight excluding hydrogens is 276 g/mol. The van der Waals surface area contributed by atoms with E-state index in [1.807, 2.05) is 31.2 Å². The Morgan fingerprint density at radius 3 is 2.85 bits per heavy atom. The Morgan fingerprint density at radius 2 is 2.10 bits per heavy atom. The molecule has 0 aliphatic heterocycles. The average Bonchev–Trinajstić information content (AvgIpc) is 2.87. The van der Waals surface area contributed by atoms with Gasteiger partial charge >= 0.3 is 6.01 Å². The van der Waals surface area contributed by atoms with Crippen LogP contribution in [0, 0.1) is 0 Å². The van der Waals surface area contributed by atoms with Crippen molar-refractivity contribution in [2.75, 3.05) is 11.9 Å². The Balaban J connectivity index is 1.95. The smallest absolute Gasteiger partial charge is 0.315 e. The standard InChI is InChI=1S/C14H19ClN4O/c1-3-8-16-9-13-18-19-14(20-13)17-10(2)11-6-4-5-7-12(11)15/h4-7,10,16H,3,8-9H2,1-2H3,(H,17,19). The largest absolute Gasteiger partial charge is 0.407 e. The lowest BCUT2D eigenvalue weighted by Crippen LogP contribution is -2.13. The fourth-order valence-corrected chi connectivity index (χ4v) is 2.14. The fraction of sp³-hybridized carbons (Fsp3) is 0.429. The Bertz CT molecular complexity index is 543. The molecule has 1 atom stereocenters. The van der Waals surface area contributed by atoms with Crippen LogP contribution >= 0.6 is 11.6 Å². The van der Waals surface area contributed by atoms with Gasteiger partial charge in [-0.2, -0.15) is 0 Å². The molecule has 1 heterocycles. The first-order valence-corrected chi connectivity index (χ1v) is 7.12. The molecule has 0 saturated carbocycles. The Kier molecular flexibility index (Phi) is 5.38. The van der Waals surface area contributed by atoms with Crippen molar-refractivity contribution in [3.8, 4) is 0 Å². The van der Waals surface area contributed by atoms with Gasteiger partial charge in [-0.15, -0.1) is 5.10 Å². The normalized spacial score (nSPS) is 12.3. The first kappa shape index (κ1) is 14.8. The lowest BCUT2D eigenvalue weighted by Gasteiger charge is -2.13. The summed E-state index contributed by atoms with van der Waals surface area (Å²) < 4.78 is 5.52. The SMILES string of the molecule is CCCNCc1nnc(NC(C)c2ccccc2Cl)o1. The summed E-state index contributed by atoms with van der Waals surface area (Å²) in [5.74, 6) is 0.576. The molecule has 1 aromatic carbocycles. The van der Waals surface area contributed by atoms with Crippen LogP contribution in [-0.4, -0.2) is 16.7 Å². The Labute approximate surface area is 123 Å². The first-order valence-electron chi connectivity index (χ1n) is 6.74. The molecule has 0 saturated heterocycles. The molecule has 108 valence electrons. The molecule has 2 rings (SSSR count). The highest BCUT2D eigenvalue weighted by Gasteiger charge is 2.12. The number of anilines is 1. The second kappa shape index (κ2) is 7.26. The molecule has 0 radical (unpaired) electrons. The van der Waals surface area contributed by atoms with Crippen molar-refractivity contribution < 1.29 is 4.42 Å². The minimum Gasteiger partial charge on any atom is -0.407 e. The van der Waals surface area contributed by atoms with Crippen molar-refractivity contribution in [2.45, 2.75) is 32.9 Å². The van der Waals surface area contributed by atoms with Gasteiger partial charge in [-0.3, -0.25) is 0 Å². The van der Waals surface area contributed by atoms with Gasteiger partial charge in [0.25, 0.3) is 0 Å². The van der Waals surface area contributed by atoms with Crippen molar-refractivity contribution in [2.24, 2.45) is 0 Å². The molecule has 6 heteroatoms. The zero-order valence-corrected chi connectivity index (χ0v) is 12.4. The second-order valence-corrected chi connectivity index (χ2v) is 4.97. The Hall–Kier alpha value is -1.59. The van der Waals surface area contributed by atoms with E-state index in [0.29, 0.717) is 18.5 Å². The summed E-state index contributed by atoms with van der Waals surface area (Å²) in [6.45, 7) is 5.63. The minimum absolute atomic E-state index is 0.000556. The molecule has 0 aliphatic carbocycles. The third-order valence-corrected chi connectivity index (χ3v) is 3.23. The highest BCUT2D eigenvalue weighted by Crippen LogP contribution is 2.25. The zero-order chi connectivity index (χ0) is 14.4. The molecule has 2 N–H and O–H groups in total. The summed E-state index contributed by atoms with van der Waals surface area (Å²) in [6, 6.07) is 8.10. The quantitative estimate of drug-likeness (QED) is 0.766. The van der Waals surface area contributed by atoms with Crippen LogP contribution in [0.25, 0.3) is 0 Å². The maximum atomic E-state index is 6.16. The van der Waals surface area contributed by atoms with E-state index in [0.717, 1.165) is 23.6 Å². The number of halogens is 1. The van der Waals surface area contributed by atoms with Gasteiger partial charge in [0.15, 0.2) is 0 Å². The number of hydrogen-bond acceptors (Lipinski definition) is 5. The van der Waals surface area contributed by atoms with Gasteiger partial charge in [-0.25, -0.2) is 0 Å². The molecule has 0 bridgehead atoms. The third kappa shape index (κ3) is 3.95. The van der Waals surface area contributed by atoms with E-state index in [4.69, 9.17) is 16.0 Å². The van der Waals surface area contributed by atoms with Crippen LogP contribution in [0.4, 0.5) is 6.01 Å². The van der Waals surface area contributed by atoms with Gasteiger partial charge in [0, 0.05) is 5.02 Å². The Morgan fingerprint density at radius 1 is 1.30 bits per heavy atom. The van der Waals surface area contributed by atoms with Gasteiger partial charge in [0.1, 0.15) is 0 Å². The highest BCUT2D eigenvalue weighted by molar-refractivity contribution is 6.31. The maximum Gasteiger partial charge on any atom is 0.315 e. The monoisotopic (exact) mass is 294 g/mol.